The van der Waals surface area contributed by atoms with Crippen LogP contribution in [-0.2, 0) is 7.05 Å². The van der Waals surface area contributed by atoms with Gasteiger partial charge in [-0.3, -0.25) is 0 Å². The number of aryl methyl sites for hydroxylation is 1. The molecule has 0 aliphatic carbocycles. The van der Waals surface area contributed by atoms with E-state index >= 15 is 0 Å². The second-order valence-electron chi connectivity index (χ2n) is 2.63. The maximum atomic E-state index is 13.2. The monoisotopic (exact) mass is 211 g/mol. The third-order valence-electron chi connectivity index (χ3n) is 1.62. The summed E-state index contributed by atoms with van der Waals surface area (Å²) in [5.41, 5.74) is 0.608. The van der Waals surface area contributed by atoms with Crippen molar-refractivity contribution in [2.24, 2.45) is 7.05 Å². The minimum atomic E-state index is -0.501. The number of rotatable bonds is 1. The number of aromatic amines is 1. The summed E-state index contributed by atoms with van der Waals surface area (Å²) in [6.45, 7) is 0. The van der Waals surface area contributed by atoms with Crippen molar-refractivity contribution in [1.82, 2.24) is 25.0 Å². The number of hydrogen-bond donors (Lipinski definition) is 1. The first-order chi connectivity index (χ1) is 6.66. The molecule has 2 rings (SSSR count). The van der Waals surface area contributed by atoms with Crippen molar-refractivity contribution < 1.29 is 4.39 Å². The second kappa shape index (κ2) is 3.26. The van der Waals surface area contributed by atoms with Crippen LogP contribution in [0.25, 0.3) is 11.4 Å². The first kappa shape index (κ1) is 8.95. The molecule has 0 unspecified atom stereocenters. The standard InChI is InChI=1S/C7H6FN5S/c1-13-10-3-5(12-13)6-4(8)2-9-7(14)11-6/h2-3H,1H3,(H,9,11,14). The van der Waals surface area contributed by atoms with Crippen LogP contribution < -0.4 is 0 Å². The molecule has 0 atom stereocenters. The maximum absolute atomic E-state index is 13.2. The number of H-pyrrole nitrogens is 1. The van der Waals surface area contributed by atoms with E-state index < -0.39 is 5.82 Å². The molecule has 0 aliphatic heterocycles. The molecule has 7 heteroatoms. The Bertz CT molecular complexity index is 517. The molecule has 2 heterocycles. The molecule has 0 saturated heterocycles. The molecular formula is C7H6FN5S. The van der Waals surface area contributed by atoms with E-state index in [1.165, 1.54) is 11.0 Å². The summed E-state index contributed by atoms with van der Waals surface area (Å²) in [6, 6.07) is 0. The lowest BCUT2D eigenvalue weighted by Crippen LogP contribution is -1.95. The van der Waals surface area contributed by atoms with Crippen molar-refractivity contribution in [1.29, 1.82) is 0 Å². The van der Waals surface area contributed by atoms with Crippen molar-refractivity contribution in [2.45, 2.75) is 0 Å². The van der Waals surface area contributed by atoms with Crippen LogP contribution in [0.1, 0.15) is 0 Å². The third kappa shape index (κ3) is 1.53. The lowest BCUT2D eigenvalue weighted by molar-refractivity contribution is 0.613. The minimum Gasteiger partial charge on any atom is -0.327 e. The molecule has 14 heavy (non-hydrogen) atoms. The number of hydrogen-bond acceptors (Lipinski definition) is 4. The molecule has 0 saturated carbocycles. The first-order valence-corrected chi connectivity index (χ1v) is 4.19. The van der Waals surface area contributed by atoms with Gasteiger partial charge in [0.15, 0.2) is 10.6 Å². The summed E-state index contributed by atoms with van der Waals surface area (Å²) < 4.78 is 13.5. The van der Waals surface area contributed by atoms with Gasteiger partial charge in [0.2, 0.25) is 0 Å². The first-order valence-electron chi connectivity index (χ1n) is 3.78. The van der Waals surface area contributed by atoms with Crippen molar-refractivity contribution in [3.05, 3.63) is 23.0 Å². The quantitative estimate of drug-likeness (QED) is 0.717. The van der Waals surface area contributed by atoms with Gasteiger partial charge in [0.1, 0.15) is 11.4 Å². The zero-order valence-corrected chi connectivity index (χ0v) is 8.05. The Balaban J connectivity index is 2.61. The molecular weight excluding hydrogens is 205 g/mol. The van der Waals surface area contributed by atoms with E-state index in [0.717, 1.165) is 6.20 Å². The van der Waals surface area contributed by atoms with Gasteiger partial charge in [-0.25, -0.2) is 9.37 Å². The second-order valence-corrected chi connectivity index (χ2v) is 3.02. The van der Waals surface area contributed by atoms with Crippen LogP contribution in [0.4, 0.5) is 4.39 Å². The highest BCUT2D eigenvalue weighted by Crippen LogP contribution is 2.15. The number of aromatic nitrogens is 5. The van der Waals surface area contributed by atoms with E-state index in [0.29, 0.717) is 5.69 Å². The van der Waals surface area contributed by atoms with Crippen molar-refractivity contribution >= 4 is 12.2 Å². The molecule has 5 nitrogen and oxygen atoms in total. The van der Waals surface area contributed by atoms with Gasteiger partial charge in [0, 0.05) is 7.05 Å². The average molecular weight is 211 g/mol. The summed E-state index contributed by atoms with van der Waals surface area (Å²) in [5.74, 6) is -0.501. The van der Waals surface area contributed by atoms with Crippen LogP contribution >= 0.6 is 12.2 Å². The molecule has 0 aliphatic rings. The smallest absolute Gasteiger partial charge is 0.197 e. The molecule has 0 spiro atoms. The molecule has 0 fully saturated rings. The van der Waals surface area contributed by atoms with Crippen molar-refractivity contribution in [3.8, 4) is 11.4 Å². The van der Waals surface area contributed by atoms with Crippen LogP contribution in [0, 0.1) is 10.6 Å². The summed E-state index contributed by atoms with van der Waals surface area (Å²) >= 11 is 4.78. The van der Waals surface area contributed by atoms with Crippen molar-refractivity contribution in [2.75, 3.05) is 0 Å². The van der Waals surface area contributed by atoms with Crippen LogP contribution in [-0.4, -0.2) is 25.0 Å². The molecule has 0 aromatic carbocycles. The van der Waals surface area contributed by atoms with Crippen LogP contribution in [0.5, 0.6) is 0 Å². The number of nitrogens with zero attached hydrogens (tertiary/aromatic N) is 4. The Hall–Kier alpha value is -1.63. The molecule has 0 bridgehead atoms. The van der Waals surface area contributed by atoms with E-state index in [2.05, 4.69) is 20.2 Å². The highest BCUT2D eigenvalue weighted by Gasteiger charge is 2.08. The Morgan fingerprint density at radius 3 is 2.93 bits per heavy atom. The summed E-state index contributed by atoms with van der Waals surface area (Å²) in [6.07, 6.45) is 2.51. The van der Waals surface area contributed by atoms with Gasteiger partial charge in [0.25, 0.3) is 0 Å². The SMILES string of the molecule is Cn1ncc(-c2[nH]c(=S)ncc2F)n1. The van der Waals surface area contributed by atoms with E-state index in [1.807, 2.05) is 0 Å². The molecule has 0 amide bonds. The fourth-order valence-electron chi connectivity index (χ4n) is 1.03. The fraction of sp³-hybridized carbons (Fsp3) is 0.143. The predicted octanol–water partition coefficient (Wildman–Crippen LogP) is 1.07. The van der Waals surface area contributed by atoms with Gasteiger partial charge >= 0.3 is 0 Å². The average Bonchev–Trinajstić information content (AvgIpc) is 2.56. The summed E-state index contributed by atoms with van der Waals surface area (Å²) in [4.78, 5) is 7.56. The summed E-state index contributed by atoms with van der Waals surface area (Å²) in [7, 11) is 1.65. The maximum Gasteiger partial charge on any atom is 0.197 e. The number of halogens is 1. The Kier molecular flexibility index (Phi) is 2.08. The van der Waals surface area contributed by atoms with Gasteiger partial charge in [0.05, 0.1) is 12.4 Å². The normalized spacial score (nSPS) is 10.4. The predicted molar refractivity (Wildman–Crippen MR) is 49.4 cm³/mol. The Morgan fingerprint density at radius 2 is 2.29 bits per heavy atom. The van der Waals surface area contributed by atoms with E-state index in [9.17, 15) is 4.39 Å². The lowest BCUT2D eigenvalue weighted by atomic mass is 10.3. The Morgan fingerprint density at radius 1 is 1.50 bits per heavy atom. The van der Waals surface area contributed by atoms with Gasteiger partial charge in [-0.2, -0.15) is 15.0 Å². The molecule has 0 radical (unpaired) electrons. The van der Waals surface area contributed by atoms with Crippen LogP contribution in [0.2, 0.25) is 0 Å². The molecule has 2 aromatic heterocycles. The van der Waals surface area contributed by atoms with E-state index in [4.69, 9.17) is 12.2 Å². The highest BCUT2D eigenvalue weighted by molar-refractivity contribution is 7.71. The topological polar surface area (TPSA) is 59.4 Å². The molecule has 72 valence electrons. The van der Waals surface area contributed by atoms with E-state index in [1.54, 1.807) is 7.05 Å². The Labute approximate surface area is 83.6 Å². The fourth-order valence-corrected chi connectivity index (χ4v) is 1.18. The van der Waals surface area contributed by atoms with Crippen LogP contribution in [0.3, 0.4) is 0 Å². The van der Waals surface area contributed by atoms with Crippen molar-refractivity contribution in [3.63, 3.8) is 0 Å². The number of nitrogens with one attached hydrogen (secondary N) is 1. The zero-order chi connectivity index (χ0) is 10.1. The molecule has 1 N–H and O–H groups in total. The lowest BCUT2D eigenvalue weighted by Gasteiger charge is -1.96. The van der Waals surface area contributed by atoms with Gasteiger partial charge < -0.3 is 4.98 Å². The highest BCUT2D eigenvalue weighted by atomic mass is 32.1. The zero-order valence-electron chi connectivity index (χ0n) is 7.23. The largest absolute Gasteiger partial charge is 0.327 e. The van der Waals surface area contributed by atoms with E-state index in [-0.39, 0.29) is 10.5 Å². The van der Waals surface area contributed by atoms with Crippen LogP contribution in [0.15, 0.2) is 12.4 Å². The molecule has 2 aromatic rings. The van der Waals surface area contributed by atoms with Gasteiger partial charge in [-0.15, -0.1) is 0 Å². The minimum absolute atomic E-state index is 0.207. The van der Waals surface area contributed by atoms with Gasteiger partial charge in [-0.1, -0.05) is 0 Å². The van der Waals surface area contributed by atoms with Gasteiger partial charge in [-0.05, 0) is 12.2 Å². The summed E-state index contributed by atoms with van der Waals surface area (Å²) in [5, 5.41) is 7.77. The third-order valence-corrected chi connectivity index (χ3v) is 1.83.